The van der Waals surface area contributed by atoms with E-state index in [0.29, 0.717) is 6.54 Å². The van der Waals surface area contributed by atoms with E-state index in [0.717, 1.165) is 12.8 Å². The number of nitrogens with two attached hydrogens (primary N) is 1. The summed E-state index contributed by atoms with van der Waals surface area (Å²) >= 11 is 0. The van der Waals surface area contributed by atoms with E-state index < -0.39 is 0 Å². The van der Waals surface area contributed by atoms with Crippen LogP contribution in [0.1, 0.15) is 25.3 Å². The fraction of sp³-hybridized carbons (Fsp3) is 0.312. The topological polar surface area (TPSA) is 55.1 Å². The molecule has 100 valence electrons. The average molecular weight is 256 g/mol. The van der Waals surface area contributed by atoms with Crippen LogP contribution in [-0.4, -0.2) is 11.9 Å². The van der Waals surface area contributed by atoms with Crippen LogP contribution in [0.3, 0.4) is 0 Å². The zero-order chi connectivity index (χ0) is 13.7. The molecule has 0 fully saturated rings. The number of benzene rings is 2. The van der Waals surface area contributed by atoms with Crippen molar-refractivity contribution in [3.05, 3.63) is 48.0 Å². The largest absolute Gasteiger partial charge is 0.368 e. The van der Waals surface area contributed by atoms with Gasteiger partial charge in [0.15, 0.2) is 0 Å². The van der Waals surface area contributed by atoms with Gasteiger partial charge in [0, 0.05) is 6.54 Å². The minimum Gasteiger partial charge on any atom is -0.368 e. The third-order valence-corrected chi connectivity index (χ3v) is 3.34. The molecule has 3 heteroatoms. The van der Waals surface area contributed by atoms with E-state index in [4.69, 9.17) is 5.73 Å². The second kappa shape index (κ2) is 6.34. The lowest BCUT2D eigenvalue weighted by Gasteiger charge is -2.15. The van der Waals surface area contributed by atoms with Gasteiger partial charge in [0.2, 0.25) is 5.91 Å². The van der Waals surface area contributed by atoms with Crippen LogP contribution < -0.4 is 11.1 Å². The molecule has 0 heterocycles. The molecular weight excluding hydrogens is 236 g/mol. The highest BCUT2D eigenvalue weighted by molar-refractivity contribution is 5.85. The third-order valence-electron chi connectivity index (χ3n) is 3.34. The zero-order valence-corrected chi connectivity index (χ0v) is 11.2. The molecule has 0 aromatic heterocycles. The van der Waals surface area contributed by atoms with E-state index in [1.165, 1.54) is 16.3 Å². The van der Waals surface area contributed by atoms with E-state index in [-0.39, 0.29) is 11.9 Å². The van der Waals surface area contributed by atoms with E-state index in [2.05, 4.69) is 36.5 Å². The number of hydrogen-bond acceptors (Lipinski definition) is 2. The number of rotatable bonds is 6. The first-order valence-electron chi connectivity index (χ1n) is 6.71. The predicted molar refractivity (Wildman–Crippen MR) is 78.7 cm³/mol. The number of fused-ring (bicyclic) bond motifs is 1. The molecule has 1 atom stereocenters. The van der Waals surface area contributed by atoms with Crippen molar-refractivity contribution in [1.82, 2.24) is 5.32 Å². The molecule has 0 aliphatic heterocycles. The summed E-state index contributed by atoms with van der Waals surface area (Å²) in [5.41, 5.74) is 6.59. The first-order valence-corrected chi connectivity index (χ1v) is 6.71. The van der Waals surface area contributed by atoms with E-state index in [9.17, 15) is 4.79 Å². The Hall–Kier alpha value is -1.87. The summed E-state index contributed by atoms with van der Waals surface area (Å²) in [6, 6.07) is 14.2. The summed E-state index contributed by atoms with van der Waals surface area (Å²) in [7, 11) is 0. The van der Waals surface area contributed by atoms with Gasteiger partial charge in [-0.15, -0.1) is 0 Å². The zero-order valence-electron chi connectivity index (χ0n) is 11.2. The van der Waals surface area contributed by atoms with Crippen molar-refractivity contribution in [3.8, 4) is 0 Å². The minimum absolute atomic E-state index is 0.246. The molecule has 0 aliphatic carbocycles. The number of amides is 1. The molecule has 1 amide bonds. The number of hydrogen-bond donors (Lipinski definition) is 2. The van der Waals surface area contributed by atoms with Crippen molar-refractivity contribution in [2.24, 2.45) is 5.73 Å². The highest BCUT2D eigenvalue weighted by Crippen LogP contribution is 2.18. The molecule has 0 saturated heterocycles. The number of carbonyl (C=O) groups excluding carboxylic acids is 1. The van der Waals surface area contributed by atoms with Gasteiger partial charge in [-0.05, 0) is 22.8 Å². The highest BCUT2D eigenvalue weighted by atomic mass is 16.1. The van der Waals surface area contributed by atoms with Crippen molar-refractivity contribution in [2.45, 2.75) is 32.4 Å². The van der Waals surface area contributed by atoms with Gasteiger partial charge in [-0.25, -0.2) is 0 Å². The first kappa shape index (κ1) is 13.6. The second-order valence-corrected chi connectivity index (χ2v) is 4.76. The Kier molecular flexibility index (Phi) is 4.53. The van der Waals surface area contributed by atoms with Gasteiger partial charge in [-0.1, -0.05) is 55.8 Å². The lowest BCUT2D eigenvalue weighted by molar-refractivity contribution is -0.120. The standard InChI is InChI=1S/C16H20N2O/c1-2-6-15(16(17)19)18-11-13-9-5-8-12-7-3-4-10-14(12)13/h3-5,7-10,15,18H,2,6,11H2,1H3,(H2,17,19). The smallest absolute Gasteiger partial charge is 0.234 e. The molecule has 19 heavy (non-hydrogen) atoms. The Morgan fingerprint density at radius 2 is 1.95 bits per heavy atom. The van der Waals surface area contributed by atoms with Crippen LogP contribution >= 0.6 is 0 Å². The number of nitrogens with one attached hydrogen (secondary N) is 1. The van der Waals surface area contributed by atoms with Crippen molar-refractivity contribution in [2.75, 3.05) is 0 Å². The molecule has 2 aromatic rings. The minimum atomic E-state index is -0.276. The Labute approximate surface area is 113 Å². The maximum atomic E-state index is 11.3. The van der Waals surface area contributed by atoms with Crippen molar-refractivity contribution >= 4 is 16.7 Å². The Morgan fingerprint density at radius 1 is 1.21 bits per heavy atom. The summed E-state index contributed by atoms with van der Waals surface area (Å²) in [5.74, 6) is -0.276. The van der Waals surface area contributed by atoms with Gasteiger partial charge in [-0.2, -0.15) is 0 Å². The molecule has 3 N–H and O–H groups in total. The van der Waals surface area contributed by atoms with Crippen LogP contribution in [0.4, 0.5) is 0 Å². The summed E-state index contributed by atoms with van der Waals surface area (Å²) in [5, 5.41) is 5.69. The number of carbonyl (C=O) groups is 1. The fourth-order valence-electron chi connectivity index (χ4n) is 2.31. The van der Waals surface area contributed by atoms with E-state index in [1.807, 2.05) is 18.2 Å². The molecule has 2 aromatic carbocycles. The van der Waals surface area contributed by atoms with Gasteiger partial charge in [0.1, 0.15) is 0 Å². The Balaban J connectivity index is 2.15. The fourth-order valence-corrected chi connectivity index (χ4v) is 2.31. The monoisotopic (exact) mass is 256 g/mol. The maximum absolute atomic E-state index is 11.3. The molecule has 0 spiro atoms. The van der Waals surface area contributed by atoms with E-state index >= 15 is 0 Å². The van der Waals surface area contributed by atoms with Gasteiger partial charge < -0.3 is 11.1 Å². The predicted octanol–water partition coefficient (Wildman–Crippen LogP) is 2.58. The van der Waals surface area contributed by atoms with Crippen LogP contribution in [0.2, 0.25) is 0 Å². The number of primary amides is 1. The lowest BCUT2D eigenvalue weighted by atomic mass is 10.0. The summed E-state index contributed by atoms with van der Waals surface area (Å²) in [4.78, 5) is 11.3. The van der Waals surface area contributed by atoms with Gasteiger partial charge >= 0.3 is 0 Å². The van der Waals surface area contributed by atoms with Crippen molar-refractivity contribution < 1.29 is 4.79 Å². The van der Waals surface area contributed by atoms with Crippen LogP contribution in [0.15, 0.2) is 42.5 Å². The molecule has 1 unspecified atom stereocenters. The molecule has 0 bridgehead atoms. The third kappa shape index (κ3) is 3.32. The van der Waals surface area contributed by atoms with Gasteiger partial charge in [-0.3, -0.25) is 4.79 Å². The second-order valence-electron chi connectivity index (χ2n) is 4.76. The maximum Gasteiger partial charge on any atom is 0.234 e. The van der Waals surface area contributed by atoms with Crippen LogP contribution in [0.5, 0.6) is 0 Å². The summed E-state index contributed by atoms with van der Waals surface area (Å²) in [6.07, 6.45) is 1.72. The van der Waals surface area contributed by atoms with Crippen molar-refractivity contribution in [1.29, 1.82) is 0 Å². The highest BCUT2D eigenvalue weighted by Gasteiger charge is 2.13. The molecule has 2 rings (SSSR count). The Morgan fingerprint density at radius 3 is 2.68 bits per heavy atom. The van der Waals surface area contributed by atoms with Crippen LogP contribution in [0, 0.1) is 0 Å². The lowest BCUT2D eigenvalue weighted by Crippen LogP contribution is -2.40. The quantitative estimate of drug-likeness (QED) is 0.834. The van der Waals surface area contributed by atoms with Crippen molar-refractivity contribution in [3.63, 3.8) is 0 Å². The molecule has 0 aliphatic rings. The normalized spacial score (nSPS) is 12.5. The summed E-state index contributed by atoms with van der Waals surface area (Å²) < 4.78 is 0. The van der Waals surface area contributed by atoms with Crippen LogP contribution in [-0.2, 0) is 11.3 Å². The Bertz CT molecular complexity index is 560. The van der Waals surface area contributed by atoms with Crippen LogP contribution in [0.25, 0.3) is 10.8 Å². The van der Waals surface area contributed by atoms with E-state index in [1.54, 1.807) is 0 Å². The van der Waals surface area contributed by atoms with Gasteiger partial charge in [0.25, 0.3) is 0 Å². The molecule has 0 radical (unpaired) electrons. The average Bonchev–Trinajstić information content (AvgIpc) is 2.43. The molecular formula is C16H20N2O. The summed E-state index contributed by atoms with van der Waals surface area (Å²) in [6.45, 7) is 2.71. The first-order chi connectivity index (χ1) is 9.22. The van der Waals surface area contributed by atoms with Gasteiger partial charge in [0.05, 0.1) is 6.04 Å². The molecule has 3 nitrogen and oxygen atoms in total. The molecule has 0 saturated carbocycles. The SMILES string of the molecule is CCCC(NCc1cccc2ccccc12)C(N)=O.